The van der Waals surface area contributed by atoms with Crippen molar-refractivity contribution in [3.8, 4) is 0 Å². The first-order chi connectivity index (χ1) is 10.00. The monoisotopic (exact) mass is 298 g/mol. The van der Waals surface area contributed by atoms with Gasteiger partial charge < -0.3 is 14.2 Å². The Kier molecular flexibility index (Phi) is 3.19. The quantitative estimate of drug-likeness (QED) is 0.697. The van der Waals surface area contributed by atoms with Crippen LogP contribution in [-0.4, -0.2) is 31.1 Å². The lowest BCUT2D eigenvalue weighted by Crippen LogP contribution is -2.70. The summed E-state index contributed by atoms with van der Waals surface area (Å²) in [6.45, 7) is 6.46. The van der Waals surface area contributed by atoms with Gasteiger partial charge in [0.2, 0.25) is 5.79 Å². The molecule has 1 saturated carbocycles. The first-order valence-corrected chi connectivity index (χ1v) is 8.23. The zero-order chi connectivity index (χ0) is 14.8. The Hall–Kier alpha value is -0.200. The predicted molar refractivity (Wildman–Crippen MR) is 73.8 cm³/mol. The Morgan fingerprint density at radius 1 is 1.05 bits per heavy atom. The molecule has 0 aromatic heterocycles. The predicted octanol–water partition coefficient (Wildman–Crippen LogP) is 2.84. The molecular weight excluding hydrogens is 272 g/mol. The van der Waals surface area contributed by atoms with Gasteiger partial charge in [0.25, 0.3) is 0 Å². The minimum atomic E-state index is -0.698. The fraction of sp³-hybridized carbons (Fsp3) is 1.00. The summed E-state index contributed by atoms with van der Waals surface area (Å²) in [5, 5.41) is 0. The van der Waals surface area contributed by atoms with Crippen LogP contribution in [0.3, 0.4) is 0 Å². The third-order valence-corrected chi connectivity index (χ3v) is 6.33. The molecule has 21 heavy (non-hydrogen) atoms. The molecule has 0 radical (unpaired) electrons. The molecule has 120 valence electrons. The Labute approximate surface area is 126 Å². The van der Waals surface area contributed by atoms with E-state index in [0.717, 1.165) is 19.3 Å². The number of hydrogen-bond donors (Lipinski definition) is 0. The van der Waals surface area contributed by atoms with Crippen molar-refractivity contribution in [2.24, 2.45) is 23.7 Å². The van der Waals surface area contributed by atoms with Gasteiger partial charge in [0, 0.05) is 25.4 Å². The second-order valence-corrected chi connectivity index (χ2v) is 7.51. The highest BCUT2D eigenvalue weighted by Gasteiger charge is 2.69. The maximum absolute atomic E-state index is 6.21. The molecule has 2 bridgehead atoms. The normalized spacial score (nSPS) is 59.4. The molecule has 0 N–H and O–H groups in total. The molecule has 0 aromatic carbocycles. The fourth-order valence-electron chi connectivity index (χ4n) is 5.14. The van der Waals surface area contributed by atoms with E-state index in [2.05, 4.69) is 13.8 Å². The van der Waals surface area contributed by atoms with Crippen LogP contribution in [0.15, 0.2) is 0 Å². The summed E-state index contributed by atoms with van der Waals surface area (Å²) in [5.41, 5.74) is -0.470. The topological polar surface area (TPSA) is 46.2 Å². The summed E-state index contributed by atoms with van der Waals surface area (Å²) >= 11 is 0. The average molecular weight is 298 g/mol. The number of fused-ring (bicyclic) bond motifs is 2. The number of methoxy groups -OCH3 is 1. The zero-order valence-corrected chi connectivity index (χ0v) is 13.3. The van der Waals surface area contributed by atoms with Gasteiger partial charge in [0.15, 0.2) is 18.2 Å². The van der Waals surface area contributed by atoms with Crippen molar-refractivity contribution >= 4 is 0 Å². The van der Waals surface area contributed by atoms with Gasteiger partial charge in [-0.25, -0.2) is 9.78 Å². The van der Waals surface area contributed by atoms with E-state index in [1.807, 2.05) is 6.92 Å². The fourth-order valence-corrected chi connectivity index (χ4v) is 5.14. The van der Waals surface area contributed by atoms with Crippen LogP contribution >= 0.6 is 0 Å². The second-order valence-electron chi connectivity index (χ2n) is 7.51. The first-order valence-electron chi connectivity index (χ1n) is 8.23. The molecule has 5 fully saturated rings. The minimum Gasteiger partial charge on any atom is -0.355 e. The molecule has 4 heterocycles. The van der Waals surface area contributed by atoms with Crippen LogP contribution in [0.25, 0.3) is 0 Å². The van der Waals surface area contributed by atoms with Crippen molar-refractivity contribution in [2.45, 2.75) is 70.4 Å². The van der Waals surface area contributed by atoms with Crippen LogP contribution in [0.5, 0.6) is 0 Å². The Bertz CT molecular complexity index is 429. The van der Waals surface area contributed by atoms with E-state index in [1.165, 1.54) is 6.42 Å². The van der Waals surface area contributed by atoms with Gasteiger partial charge in [-0.15, -0.1) is 0 Å². The summed E-state index contributed by atoms with van der Waals surface area (Å²) < 4.78 is 17.9. The Morgan fingerprint density at radius 2 is 1.86 bits per heavy atom. The molecule has 4 saturated heterocycles. The van der Waals surface area contributed by atoms with E-state index in [4.69, 9.17) is 24.0 Å². The molecule has 0 amide bonds. The minimum absolute atomic E-state index is 0.230. The van der Waals surface area contributed by atoms with Crippen molar-refractivity contribution in [3.05, 3.63) is 0 Å². The van der Waals surface area contributed by atoms with Crippen LogP contribution in [0, 0.1) is 23.7 Å². The van der Waals surface area contributed by atoms with Crippen LogP contribution in [-0.2, 0) is 24.0 Å². The van der Waals surface area contributed by atoms with E-state index in [-0.39, 0.29) is 12.2 Å². The van der Waals surface area contributed by atoms with Gasteiger partial charge in [0.1, 0.15) is 0 Å². The van der Waals surface area contributed by atoms with Gasteiger partial charge in [-0.3, -0.25) is 0 Å². The van der Waals surface area contributed by atoms with Crippen molar-refractivity contribution in [2.75, 3.05) is 7.11 Å². The van der Waals surface area contributed by atoms with Crippen molar-refractivity contribution < 1.29 is 24.0 Å². The molecule has 5 rings (SSSR count). The molecule has 5 heteroatoms. The summed E-state index contributed by atoms with van der Waals surface area (Å²) in [5.74, 6) is 0.953. The Balaban J connectivity index is 1.79. The lowest BCUT2D eigenvalue weighted by Gasteiger charge is -2.60. The number of hydrogen-bond acceptors (Lipinski definition) is 5. The molecule has 5 aliphatic rings. The molecule has 4 unspecified atom stereocenters. The largest absolute Gasteiger partial charge is 0.355 e. The lowest BCUT2D eigenvalue weighted by atomic mass is 9.58. The smallest absolute Gasteiger partial charge is 0.201 e. The van der Waals surface area contributed by atoms with Crippen molar-refractivity contribution in [3.63, 3.8) is 0 Å². The highest BCUT2D eigenvalue weighted by Crippen LogP contribution is 2.60. The first kappa shape index (κ1) is 14.4. The summed E-state index contributed by atoms with van der Waals surface area (Å²) in [6, 6.07) is 0. The summed E-state index contributed by atoms with van der Waals surface area (Å²) in [4.78, 5) is 11.8. The third kappa shape index (κ3) is 1.81. The highest BCUT2D eigenvalue weighted by molar-refractivity contribution is 5.08. The van der Waals surface area contributed by atoms with Gasteiger partial charge in [-0.1, -0.05) is 13.8 Å². The van der Waals surface area contributed by atoms with Crippen LogP contribution < -0.4 is 0 Å². The molecular formula is C16H26O5. The number of ether oxygens (including phenoxy) is 3. The summed E-state index contributed by atoms with van der Waals surface area (Å²) in [6.07, 6.45) is 3.64. The Morgan fingerprint density at radius 3 is 2.62 bits per heavy atom. The molecule has 1 aliphatic carbocycles. The maximum Gasteiger partial charge on any atom is 0.201 e. The van der Waals surface area contributed by atoms with Gasteiger partial charge in [-0.05, 0) is 38.0 Å². The molecule has 4 aliphatic heterocycles. The van der Waals surface area contributed by atoms with Crippen LogP contribution in [0.1, 0.15) is 46.5 Å². The summed E-state index contributed by atoms with van der Waals surface area (Å²) in [7, 11) is 1.70. The molecule has 0 aromatic rings. The zero-order valence-electron chi connectivity index (χ0n) is 13.3. The van der Waals surface area contributed by atoms with Crippen LogP contribution in [0.2, 0.25) is 0 Å². The third-order valence-electron chi connectivity index (χ3n) is 6.33. The molecule has 1 spiro atoms. The average Bonchev–Trinajstić information content (AvgIpc) is 2.69. The van der Waals surface area contributed by atoms with Crippen LogP contribution in [0.4, 0.5) is 0 Å². The maximum atomic E-state index is 6.21. The van der Waals surface area contributed by atoms with E-state index in [0.29, 0.717) is 17.8 Å². The SMILES string of the molecule is COC1OC2O[C@@]3(C)CCC4[C@H](C)CCC([C@H]1C)[C@@]24OO3. The van der Waals surface area contributed by atoms with E-state index in [1.54, 1.807) is 7.11 Å². The van der Waals surface area contributed by atoms with Gasteiger partial charge >= 0.3 is 0 Å². The lowest BCUT2D eigenvalue weighted by molar-refractivity contribution is -0.577. The van der Waals surface area contributed by atoms with E-state index >= 15 is 0 Å². The number of rotatable bonds is 1. The van der Waals surface area contributed by atoms with Gasteiger partial charge in [0.05, 0.1) is 0 Å². The standard InChI is InChI=1S/C16H26O5/c1-9-5-6-12-10(2)13(17-4)18-14-16(12)11(9)7-8-15(3,19-14)20-21-16/h9-14H,5-8H2,1-4H3/t9-,10-,11?,12?,13?,14?,15-,16-/m1/s1. The van der Waals surface area contributed by atoms with Crippen molar-refractivity contribution in [1.82, 2.24) is 0 Å². The highest BCUT2D eigenvalue weighted by atomic mass is 17.3. The van der Waals surface area contributed by atoms with Gasteiger partial charge in [-0.2, -0.15) is 0 Å². The molecule has 8 atom stereocenters. The van der Waals surface area contributed by atoms with Crippen molar-refractivity contribution in [1.29, 1.82) is 0 Å². The van der Waals surface area contributed by atoms with E-state index in [9.17, 15) is 0 Å². The second kappa shape index (κ2) is 4.65. The van der Waals surface area contributed by atoms with E-state index < -0.39 is 17.7 Å². The molecule has 5 nitrogen and oxygen atoms in total.